The topological polar surface area (TPSA) is 12.0 Å². The van der Waals surface area contributed by atoms with Gasteiger partial charge in [0.15, 0.2) is 0 Å². The zero-order valence-electron chi connectivity index (χ0n) is 10.5. The predicted molar refractivity (Wildman–Crippen MR) is 76.0 cm³/mol. The molecule has 0 aliphatic heterocycles. The Labute approximate surface area is 119 Å². The van der Waals surface area contributed by atoms with Gasteiger partial charge in [0.1, 0.15) is 11.6 Å². The highest BCUT2D eigenvalue weighted by atomic mass is 79.9. The molecule has 1 unspecified atom stereocenters. The van der Waals surface area contributed by atoms with E-state index < -0.39 is 11.6 Å². The van der Waals surface area contributed by atoms with Gasteiger partial charge in [0.25, 0.3) is 0 Å². The van der Waals surface area contributed by atoms with E-state index in [4.69, 9.17) is 0 Å². The summed E-state index contributed by atoms with van der Waals surface area (Å²) >= 11 is 3.37. The largest absolute Gasteiger partial charge is 0.307 e. The van der Waals surface area contributed by atoms with Gasteiger partial charge in [-0.3, -0.25) is 0 Å². The molecule has 0 saturated heterocycles. The lowest BCUT2D eigenvalue weighted by atomic mass is 9.98. The summed E-state index contributed by atoms with van der Waals surface area (Å²) in [4.78, 5) is 0. The number of rotatable bonds is 4. The molecule has 0 aliphatic rings. The van der Waals surface area contributed by atoms with Crippen molar-refractivity contribution in [3.05, 3.63) is 69.7 Å². The van der Waals surface area contributed by atoms with Gasteiger partial charge in [-0.05, 0) is 41.9 Å². The molecule has 1 nitrogen and oxygen atoms in total. The maximum Gasteiger partial charge on any atom is 0.126 e. The van der Waals surface area contributed by atoms with Crippen LogP contribution >= 0.6 is 15.9 Å². The Morgan fingerprint density at radius 2 is 1.58 bits per heavy atom. The van der Waals surface area contributed by atoms with Crippen LogP contribution in [0.3, 0.4) is 0 Å². The molecule has 2 aromatic carbocycles. The van der Waals surface area contributed by atoms with Crippen molar-refractivity contribution in [2.45, 2.75) is 13.0 Å². The van der Waals surface area contributed by atoms with Crippen molar-refractivity contribution in [3.63, 3.8) is 0 Å². The van der Waals surface area contributed by atoms with Crippen LogP contribution in [0.25, 0.3) is 0 Å². The minimum absolute atomic E-state index is 0.219. The highest BCUT2D eigenvalue weighted by Gasteiger charge is 2.14. The van der Waals surface area contributed by atoms with E-state index in [1.54, 1.807) is 0 Å². The van der Waals surface area contributed by atoms with E-state index in [1.807, 2.05) is 31.2 Å². The van der Waals surface area contributed by atoms with Crippen LogP contribution in [0.2, 0.25) is 0 Å². The van der Waals surface area contributed by atoms with E-state index in [9.17, 15) is 8.78 Å². The Kier molecular flexibility index (Phi) is 4.66. The smallest absolute Gasteiger partial charge is 0.126 e. The van der Waals surface area contributed by atoms with Crippen molar-refractivity contribution >= 4 is 15.9 Å². The third-order valence-electron chi connectivity index (χ3n) is 2.83. The molecule has 2 aromatic rings. The Balaban J connectivity index is 2.41. The Hall–Kier alpha value is -1.26. The second kappa shape index (κ2) is 6.26. The number of hydrogen-bond donors (Lipinski definition) is 1. The Morgan fingerprint density at radius 1 is 1.00 bits per heavy atom. The SMILES string of the molecule is CCNC(c1ccc(Br)cc1)c1cc(F)cc(F)c1. The highest BCUT2D eigenvalue weighted by molar-refractivity contribution is 9.10. The first kappa shape index (κ1) is 14.2. The van der Waals surface area contributed by atoms with Crippen LogP contribution in [-0.4, -0.2) is 6.54 Å². The monoisotopic (exact) mass is 325 g/mol. The lowest BCUT2D eigenvalue weighted by Crippen LogP contribution is -2.22. The first-order chi connectivity index (χ1) is 9.10. The van der Waals surface area contributed by atoms with Gasteiger partial charge in [-0.25, -0.2) is 8.78 Å². The van der Waals surface area contributed by atoms with Crippen LogP contribution in [0.5, 0.6) is 0 Å². The molecule has 19 heavy (non-hydrogen) atoms. The number of benzene rings is 2. The summed E-state index contributed by atoms with van der Waals surface area (Å²) in [6.07, 6.45) is 0. The van der Waals surface area contributed by atoms with Crippen molar-refractivity contribution in [1.29, 1.82) is 0 Å². The molecule has 4 heteroatoms. The van der Waals surface area contributed by atoms with Gasteiger partial charge in [0, 0.05) is 10.5 Å². The average Bonchev–Trinajstić information content (AvgIpc) is 2.36. The quantitative estimate of drug-likeness (QED) is 0.877. The van der Waals surface area contributed by atoms with Gasteiger partial charge in [0.05, 0.1) is 6.04 Å². The highest BCUT2D eigenvalue weighted by Crippen LogP contribution is 2.25. The van der Waals surface area contributed by atoms with Gasteiger partial charge in [-0.1, -0.05) is 35.0 Å². The first-order valence-electron chi connectivity index (χ1n) is 6.05. The molecule has 0 fully saturated rings. The molecule has 1 atom stereocenters. The fraction of sp³-hybridized carbons (Fsp3) is 0.200. The molecule has 2 rings (SSSR count). The lowest BCUT2D eigenvalue weighted by Gasteiger charge is -2.19. The molecule has 0 amide bonds. The van der Waals surface area contributed by atoms with E-state index in [0.29, 0.717) is 12.1 Å². The fourth-order valence-electron chi connectivity index (χ4n) is 2.03. The molecule has 0 bridgehead atoms. The van der Waals surface area contributed by atoms with Crippen LogP contribution in [0, 0.1) is 11.6 Å². The summed E-state index contributed by atoms with van der Waals surface area (Å²) in [7, 11) is 0. The third kappa shape index (κ3) is 3.61. The van der Waals surface area contributed by atoms with Crippen molar-refractivity contribution in [1.82, 2.24) is 5.32 Å². The van der Waals surface area contributed by atoms with Gasteiger partial charge in [-0.2, -0.15) is 0 Å². The van der Waals surface area contributed by atoms with Crippen molar-refractivity contribution in [3.8, 4) is 0 Å². The minimum Gasteiger partial charge on any atom is -0.307 e. The Morgan fingerprint density at radius 3 is 2.11 bits per heavy atom. The van der Waals surface area contributed by atoms with E-state index in [1.165, 1.54) is 12.1 Å². The number of halogens is 3. The van der Waals surface area contributed by atoms with Gasteiger partial charge >= 0.3 is 0 Å². The van der Waals surface area contributed by atoms with Gasteiger partial charge in [-0.15, -0.1) is 0 Å². The maximum atomic E-state index is 13.3. The van der Waals surface area contributed by atoms with Crippen LogP contribution in [0.1, 0.15) is 24.1 Å². The summed E-state index contributed by atoms with van der Waals surface area (Å²) in [6, 6.07) is 11.1. The molecular weight excluding hydrogens is 312 g/mol. The van der Waals surface area contributed by atoms with Gasteiger partial charge in [0.2, 0.25) is 0 Å². The molecule has 100 valence electrons. The molecular formula is C15H14BrF2N. The molecule has 0 saturated carbocycles. The molecule has 0 radical (unpaired) electrons. The molecule has 1 N–H and O–H groups in total. The first-order valence-corrected chi connectivity index (χ1v) is 6.84. The van der Waals surface area contributed by atoms with Crippen LogP contribution in [-0.2, 0) is 0 Å². The van der Waals surface area contributed by atoms with E-state index in [-0.39, 0.29) is 6.04 Å². The van der Waals surface area contributed by atoms with Crippen molar-refractivity contribution in [2.24, 2.45) is 0 Å². The van der Waals surface area contributed by atoms with Crippen LogP contribution in [0.4, 0.5) is 8.78 Å². The second-order valence-electron chi connectivity index (χ2n) is 4.25. The van der Waals surface area contributed by atoms with Crippen molar-refractivity contribution < 1.29 is 8.78 Å². The average molecular weight is 326 g/mol. The Bertz CT molecular complexity index is 534. The molecule has 0 heterocycles. The van der Waals surface area contributed by atoms with E-state index in [0.717, 1.165) is 16.1 Å². The zero-order valence-corrected chi connectivity index (χ0v) is 12.0. The summed E-state index contributed by atoms with van der Waals surface area (Å²) in [5.74, 6) is -1.12. The second-order valence-corrected chi connectivity index (χ2v) is 5.16. The predicted octanol–water partition coefficient (Wildman–Crippen LogP) is 4.43. The fourth-order valence-corrected chi connectivity index (χ4v) is 2.29. The lowest BCUT2D eigenvalue weighted by molar-refractivity contribution is 0.565. The minimum atomic E-state index is -0.560. The number of hydrogen-bond acceptors (Lipinski definition) is 1. The summed E-state index contributed by atoms with van der Waals surface area (Å²) in [5.41, 5.74) is 1.55. The molecule has 0 aromatic heterocycles. The van der Waals surface area contributed by atoms with E-state index >= 15 is 0 Å². The summed E-state index contributed by atoms with van der Waals surface area (Å²) in [5, 5.41) is 3.24. The van der Waals surface area contributed by atoms with Crippen LogP contribution < -0.4 is 5.32 Å². The van der Waals surface area contributed by atoms with Crippen molar-refractivity contribution in [2.75, 3.05) is 6.54 Å². The standard InChI is InChI=1S/C15H14BrF2N/c1-2-19-15(10-3-5-12(16)6-4-10)11-7-13(17)9-14(18)8-11/h3-9,15,19H,2H2,1H3. The van der Waals surface area contributed by atoms with Crippen LogP contribution in [0.15, 0.2) is 46.9 Å². The van der Waals surface area contributed by atoms with Gasteiger partial charge < -0.3 is 5.32 Å². The molecule has 0 aliphatic carbocycles. The third-order valence-corrected chi connectivity index (χ3v) is 3.36. The molecule has 0 spiro atoms. The summed E-state index contributed by atoms with van der Waals surface area (Å²) in [6.45, 7) is 2.67. The maximum absolute atomic E-state index is 13.3. The normalized spacial score (nSPS) is 12.4. The zero-order chi connectivity index (χ0) is 13.8. The number of nitrogens with one attached hydrogen (secondary N) is 1. The van der Waals surface area contributed by atoms with E-state index in [2.05, 4.69) is 21.2 Å². The summed E-state index contributed by atoms with van der Waals surface area (Å²) < 4.78 is 27.6.